The molecule has 7 aliphatic heterocycles. The van der Waals surface area contributed by atoms with Gasteiger partial charge >= 0.3 is 12.4 Å². The van der Waals surface area contributed by atoms with E-state index in [1.54, 1.807) is 9.80 Å². The summed E-state index contributed by atoms with van der Waals surface area (Å²) in [6.45, 7) is 22.6. The fraction of sp³-hybridized carbons (Fsp3) is 0.686. The van der Waals surface area contributed by atoms with Gasteiger partial charge in [0.15, 0.2) is 18.4 Å². The summed E-state index contributed by atoms with van der Waals surface area (Å²) in [5.41, 5.74) is 0. The largest absolute Gasteiger partial charge is 0.411 e. The lowest BCUT2D eigenvalue weighted by atomic mass is 10.1. The average Bonchev–Trinajstić information content (AvgIpc) is 0.839. The predicted molar refractivity (Wildman–Crippen MR) is 368 cm³/mol. The highest BCUT2D eigenvalue weighted by atomic mass is 19.4. The van der Waals surface area contributed by atoms with E-state index in [4.69, 9.17) is 101 Å². The Balaban J connectivity index is 0.000000603. The maximum atomic E-state index is 13.3. The quantitative estimate of drug-likeness (QED) is 0.0803. The minimum Gasteiger partial charge on any atom is -0.376 e. The summed E-state index contributed by atoms with van der Waals surface area (Å²) >= 11 is 0. The molecule has 0 spiro atoms. The standard InChI is InChI=1S/C11H14F3N3O.C11H11N5.C10H12F3N3.C10H16N4O.C10H15N3.C9H12FN3.C9H13N3/c1-2-4-16-6-7-17(5-3-15)10(8-16)18-9-11(12,13)14;1-2-10(7-12)15-3-5-16(6-4-15)11(8-13)9-14;1-2-4-15-6-9(10(11,12)13)7-16(8-15)5-3-14;1-2-15-10-7-13(5-3-11)9-14(8-10)6-4-12;1-3-5-12-7-8-13(6-4-11)10(2)9-12;1-2-4-12-6-7-13(5-3-11)9(10)8-12;1-2-4-11-6-8-12(5-3-10)9-7-11/h1,10H,4-9H2;1,10-11H,3-6H2;1,9H,4-8H2;10H,2,5-9H2,1H3;1,10H,5-9H2,2H3;1,9H,4-8H2;1H,4-9H2. The van der Waals surface area contributed by atoms with E-state index < -0.39 is 49.5 Å². The summed E-state index contributed by atoms with van der Waals surface area (Å²) in [7, 11) is 0. The molecule has 7 aliphatic rings. The average molecular weight is 1440 g/mol. The van der Waals surface area contributed by atoms with E-state index in [-0.39, 0.29) is 51.9 Å². The van der Waals surface area contributed by atoms with Crippen LogP contribution < -0.4 is 0 Å². The van der Waals surface area contributed by atoms with Crippen LogP contribution in [0.2, 0.25) is 0 Å². The number of nitrogens with zero attached hydrogens (tertiary/aromatic N) is 24. The van der Waals surface area contributed by atoms with Crippen molar-refractivity contribution >= 4 is 0 Å². The zero-order chi connectivity index (χ0) is 77.0. The number of ether oxygens (including phenoxy) is 2. The van der Waals surface area contributed by atoms with Gasteiger partial charge in [-0.3, -0.25) is 68.6 Å². The van der Waals surface area contributed by atoms with Crippen LogP contribution in [0.15, 0.2) is 0 Å². The molecular formula is C70H93F7N24O2. The maximum Gasteiger partial charge on any atom is 0.411 e. The number of nitriles is 10. The van der Waals surface area contributed by atoms with Crippen molar-refractivity contribution in [3.05, 3.63) is 0 Å². The summed E-state index contributed by atoms with van der Waals surface area (Å²) in [5, 5.41) is 86.1. The predicted octanol–water partition coefficient (Wildman–Crippen LogP) is 1.09. The Morgan fingerprint density at radius 3 is 1.14 bits per heavy atom. The summed E-state index contributed by atoms with van der Waals surface area (Å²) in [6, 6.07) is 19.4. The number of terminal acetylenes is 6. The van der Waals surface area contributed by atoms with Crippen molar-refractivity contribution in [2.24, 2.45) is 5.92 Å². The molecule has 554 valence electrons. The Morgan fingerprint density at radius 2 is 0.738 bits per heavy atom. The van der Waals surface area contributed by atoms with Crippen molar-refractivity contribution in [2.45, 2.75) is 63.0 Å². The van der Waals surface area contributed by atoms with E-state index in [9.17, 15) is 30.7 Å². The van der Waals surface area contributed by atoms with Crippen LogP contribution in [0.25, 0.3) is 0 Å². The number of alkyl halides is 7. The van der Waals surface area contributed by atoms with Gasteiger partial charge in [0.2, 0.25) is 0 Å². The molecule has 0 bridgehead atoms. The lowest BCUT2D eigenvalue weighted by Crippen LogP contribution is -2.54. The molecule has 5 unspecified atom stereocenters. The van der Waals surface area contributed by atoms with Crippen LogP contribution in [0, 0.1) is 193 Å². The van der Waals surface area contributed by atoms with Crippen molar-refractivity contribution in [3.8, 4) is 135 Å². The number of rotatable bonds is 18. The van der Waals surface area contributed by atoms with Gasteiger partial charge in [-0.15, -0.1) is 38.5 Å². The Hall–Kier alpha value is -8.87. The van der Waals surface area contributed by atoms with Gasteiger partial charge in [0, 0.05) is 150 Å². The highest BCUT2D eigenvalue weighted by Gasteiger charge is 2.44. The molecule has 26 nitrogen and oxygen atoms in total. The highest BCUT2D eigenvalue weighted by molar-refractivity contribution is 5.14. The molecule has 0 saturated carbocycles. The summed E-state index contributed by atoms with van der Waals surface area (Å²) in [5.74, 6) is 13.5. The Morgan fingerprint density at radius 1 is 0.388 bits per heavy atom. The fourth-order valence-corrected chi connectivity index (χ4v) is 11.3. The molecule has 7 fully saturated rings. The maximum absolute atomic E-state index is 13.3. The minimum atomic E-state index is -4.37. The molecule has 33 heteroatoms. The fourth-order valence-electron chi connectivity index (χ4n) is 11.3. The molecule has 0 aromatic heterocycles. The smallest absolute Gasteiger partial charge is 0.376 e. The van der Waals surface area contributed by atoms with E-state index in [1.165, 1.54) is 14.7 Å². The van der Waals surface area contributed by atoms with Gasteiger partial charge in [0.05, 0.1) is 165 Å². The topological polar surface area (TPSA) is 302 Å². The third-order valence-corrected chi connectivity index (χ3v) is 16.5. The zero-order valence-corrected chi connectivity index (χ0v) is 58.9. The van der Waals surface area contributed by atoms with Crippen molar-refractivity contribution in [1.82, 2.24) is 68.6 Å². The number of piperazine rings is 5. The molecule has 0 aromatic carbocycles. The molecule has 7 rings (SSSR count). The normalized spacial score (nSPS) is 22.0. The van der Waals surface area contributed by atoms with Crippen LogP contribution >= 0.6 is 0 Å². The molecule has 103 heavy (non-hydrogen) atoms. The van der Waals surface area contributed by atoms with Gasteiger partial charge in [0.1, 0.15) is 12.8 Å². The third-order valence-electron chi connectivity index (χ3n) is 16.5. The van der Waals surface area contributed by atoms with E-state index in [1.807, 2.05) is 67.8 Å². The van der Waals surface area contributed by atoms with E-state index >= 15 is 0 Å². The first-order valence-electron chi connectivity index (χ1n) is 33.0. The molecule has 0 N–H and O–H groups in total. The van der Waals surface area contributed by atoms with Crippen LogP contribution in [-0.2, 0) is 9.47 Å². The van der Waals surface area contributed by atoms with Crippen LogP contribution in [0.4, 0.5) is 30.7 Å². The molecule has 0 aromatic rings. The molecule has 0 amide bonds. The minimum absolute atomic E-state index is 0.00630. The Labute approximate surface area is 605 Å². The van der Waals surface area contributed by atoms with Gasteiger partial charge in [0.25, 0.3) is 0 Å². The summed E-state index contributed by atoms with van der Waals surface area (Å²) in [6.07, 6.45) is 20.7. The van der Waals surface area contributed by atoms with Crippen LogP contribution in [0.5, 0.6) is 0 Å². The number of hydrogen-bond donors (Lipinski definition) is 0. The van der Waals surface area contributed by atoms with Gasteiger partial charge in [-0.1, -0.05) is 35.5 Å². The highest BCUT2D eigenvalue weighted by Crippen LogP contribution is 2.30. The Kier molecular flexibility index (Phi) is 48.2. The molecule has 0 aliphatic carbocycles. The van der Waals surface area contributed by atoms with Crippen molar-refractivity contribution < 1.29 is 40.2 Å². The summed E-state index contributed by atoms with van der Waals surface area (Å²) in [4.78, 5) is 26.3. The van der Waals surface area contributed by atoms with Crippen molar-refractivity contribution in [3.63, 3.8) is 0 Å². The SMILES string of the molecule is C#CC(C#N)N1CCN(C(C#N)C#N)CC1.C#CCN1CC(C(F)(F)F)CN(CC#N)C1.C#CCN1CCN(CC#N)C(C)C1.C#CCN1CCN(CC#N)C(F)C1.C#CCN1CCN(CC#N)C(OCC(F)(F)F)C1.C#CCN1CCN(CC#N)CC1.CCOC1CN(CC#N)CN(CC#N)C1. The van der Waals surface area contributed by atoms with Gasteiger partial charge in [-0.25, -0.2) is 4.39 Å². The van der Waals surface area contributed by atoms with Crippen molar-refractivity contribution in [1.29, 1.82) is 52.6 Å². The summed E-state index contributed by atoms with van der Waals surface area (Å²) < 4.78 is 97.7. The second-order valence-corrected chi connectivity index (χ2v) is 24.0. The Bertz CT molecular complexity index is 2990. The molecule has 7 saturated heterocycles. The molecule has 0 radical (unpaired) electrons. The van der Waals surface area contributed by atoms with Crippen molar-refractivity contribution in [2.75, 3.05) is 243 Å². The first-order valence-corrected chi connectivity index (χ1v) is 33.0. The van der Waals surface area contributed by atoms with Gasteiger partial charge in [-0.05, 0) is 13.8 Å². The first kappa shape index (κ1) is 92.1. The number of hydrogen-bond acceptors (Lipinski definition) is 26. The van der Waals surface area contributed by atoms with Gasteiger partial charge < -0.3 is 9.47 Å². The van der Waals surface area contributed by atoms with Crippen LogP contribution in [-0.4, -0.2) is 360 Å². The second-order valence-electron chi connectivity index (χ2n) is 24.0. The molecule has 7 heterocycles. The third kappa shape index (κ3) is 38.8. The van der Waals surface area contributed by atoms with E-state index in [0.29, 0.717) is 118 Å². The molecule has 5 atom stereocenters. The van der Waals surface area contributed by atoms with Gasteiger partial charge in [-0.2, -0.15) is 79.0 Å². The van der Waals surface area contributed by atoms with Crippen LogP contribution in [0.3, 0.4) is 0 Å². The van der Waals surface area contributed by atoms with E-state index in [0.717, 1.165) is 78.5 Å². The lowest BCUT2D eigenvalue weighted by Gasteiger charge is -2.39. The zero-order valence-electron chi connectivity index (χ0n) is 58.9. The molecular weight excluding hydrogens is 1340 g/mol. The number of halogens is 7. The first-order chi connectivity index (χ1) is 49.4. The second kappa shape index (κ2) is 53.9. The lowest BCUT2D eigenvalue weighted by molar-refractivity contribution is -0.209. The van der Waals surface area contributed by atoms with E-state index in [2.05, 4.69) is 86.3 Å². The van der Waals surface area contributed by atoms with Crippen LogP contribution in [0.1, 0.15) is 13.8 Å². The monoisotopic (exact) mass is 1430 g/mol.